The summed E-state index contributed by atoms with van der Waals surface area (Å²) in [6.07, 6.45) is 2.74. The lowest BCUT2D eigenvalue weighted by Crippen LogP contribution is -2.26. The SMILES string of the molecule is Cl.NC1CCN(c2cnc(Cl)c(Cl)c2)C1. The molecule has 1 aromatic rings. The molecule has 1 atom stereocenters. The molecule has 6 heteroatoms. The first-order valence-corrected chi connectivity index (χ1v) is 5.24. The topological polar surface area (TPSA) is 42.1 Å². The van der Waals surface area contributed by atoms with Gasteiger partial charge in [0, 0.05) is 19.1 Å². The van der Waals surface area contributed by atoms with Gasteiger partial charge in [0.1, 0.15) is 5.15 Å². The molecule has 2 heterocycles. The Hall–Kier alpha value is -0.220. The van der Waals surface area contributed by atoms with Gasteiger partial charge in [-0.1, -0.05) is 23.2 Å². The Morgan fingerprint density at radius 3 is 2.73 bits per heavy atom. The van der Waals surface area contributed by atoms with Crippen molar-refractivity contribution in [3.63, 3.8) is 0 Å². The van der Waals surface area contributed by atoms with Crippen LogP contribution in [0.15, 0.2) is 12.3 Å². The lowest BCUT2D eigenvalue weighted by Gasteiger charge is -2.17. The predicted octanol–water partition coefficient (Wildman–Crippen LogP) is 2.35. The molecule has 1 aliphatic heterocycles. The van der Waals surface area contributed by atoms with E-state index in [2.05, 4.69) is 9.88 Å². The second kappa shape index (κ2) is 5.21. The lowest BCUT2D eigenvalue weighted by atomic mass is 10.3. The highest BCUT2D eigenvalue weighted by atomic mass is 35.5. The van der Waals surface area contributed by atoms with Gasteiger partial charge in [-0.05, 0) is 12.5 Å². The molecule has 0 radical (unpaired) electrons. The van der Waals surface area contributed by atoms with Crippen LogP contribution < -0.4 is 10.6 Å². The highest BCUT2D eigenvalue weighted by Gasteiger charge is 2.19. The fraction of sp³-hybridized carbons (Fsp3) is 0.444. The zero-order valence-corrected chi connectivity index (χ0v) is 10.3. The summed E-state index contributed by atoms with van der Waals surface area (Å²) in [6.45, 7) is 1.82. The summed E-state index contributed by atoms with van der Waals surface area (Å²) in [6, 6.07) is 2.08. The predicted molar refractivity (Wildman–Crippen MR) is 66.3 cm³/mol. The monoisotopic (exact) mass is 267 g/mol. The van der Waals surface area contributed by atoms with Gasteiger partial charge in [0.25, 0.3) is 0 Å². The summed E-state index contributed by atoms with van der Waals surface area (Å²) in [4.78, 5) is 6.17. The van der Waals surface area contributed by atoms with Crippen molar-refractivity contribution >= 4 is 41.3 Å². The van der Waals surface area contributed by atoms with Crippen molar-refractivity contribution in [2.24, 2.45) is 5.73 Å². The summed E-state index contributed by atoms with van der Waals surface area (Å²) < 4.78 is 0. The number of halogens is 3. The highest BCUT2D eigenvalue weighted by Crippen LogP contribution is 2.26. The van der Waals surface area contributed by atoms with Crippen molar-refractivity contribution in [1.82, 2.24) is 4.98 Å². The molecule has 0 amide bonds. The van der Waals surface area contributed by atoms with Crippen LogP contribution in [0.5, 0.6) is 0 Å². The number of rotatable bonds is 1. The Balaban J connectivity index is 0.00000112. The fourth-order valence-electron chi connectivity index (χ4n) is 1.61. The second-order valence-corrected chi connectivity index (χ2v) is 4.23. The molecule has 1 fully saturated rings. The molecular formula is C9H12Cl3N3. The van der Waals surface area contributed by atoms with Crippen LogP contribution in [0.25, 0.3) is 0 Å². The van der Waals surface area contributed by atoms with Crippen LogP contribution in [0.1, 0.15) is 6.42 Å². The smallest absolute Gasteiger partial charge is 0.147 e. The number of anilines is 1. The van der Waals surface area contributed by atoms with Crippen LogP contribution in [-0.2, 0) is 0 Å². The van der Waals surface area contributed by atoms with Crippen LogP contribution in [0.3, 0.4) is 0 Å². The van der Waals surface area contributed by atoms with Crippen LogP contribution in [0.4, 0.5) is 5.69 Å². The number of pyridine rings is 1. The standard InChI is InChI=1S/C9H11Cl2N3.ClH/c10-8-3-7(4-13-9(8)11)14-2-1-6(12)5-14;/h3-4,6H,1-2,5,12H2;1H. The molecule has 1 aromatic heterocycles. The summed E-state index contributed by atoms with van der Waals surface area (Å²) in [7, 11) is 0. The van der Waals surface area contributed by atoms with Crippen LogP contribution in [0, 0.1) is 0 Å². The van der Waals surface area contributed by atoms with E-state index in [0.717, 1.165) is 25.2 Å². The Bertz CT molecular complexity index is 345. The van der Waals surface area contributed by atoms with E-state index in [4.69, 9.17) is 28.9 Å². The van der Waals surface area contributed by atoms with E-state index in [9.17, 15) is 0 Å². The quantitative estimate of drug-likeness (QED) is 0.795. The third kappa shape index (κ3) is 2.88. The zero-order chi connectivity index (χ0) is 10.1. The fourth-order valence-corrected chi connectivity index (χ4v) is 1.87. The molecule has 0 aliphatic carbocycles. The average molecular weight is 269 g/mol. The van der Waals surface area contributed by atoms with Crippen molar-refractivity contribution < 1.29 is 0 Å². The molecule has 15 heavy (non-hydrogen) atoms. The number of nitrogens with zero attached hydrogens (tertiary/aromatic N) is 2. The van der Waals surface area contributed by atoms with E-state index >= 15 is 0 Å². The first-order chi connectivity index (χ1) is 6.66. The molecule has 0 aromatic carbocycles. The Labute approximate surface area is 105 Å². The van der Waals surface area contributed by atoms with Crippen molar-refractivity contribution in [2.75, 3.05) is 18.0 Å². The first kappa shape index (κ1) is 12.8. The highest BCUT2D eigenvalue weighted by molar-refractivity contribution is 6.41. The number of hydrogen-bond acceptors (Lipinski definition) is 3. The molecule has 84 valence electrons. The molecule has 2 rings (SSSR count). The molecule has 1 aliphatic rings. The van der Waals surface area contributed by atoms with Crippen molar-refractivity contribution in [3.8, 4) is 0 Å². The molecule has 0 saturated carbocycles. The third-order valence-corrected chi connectivity index (χ3v) is 3.06. The molecule has 2 N–H and O–H groups in total. The Morgan fingerprint density at radius 1 is 1.47 bits per heavy atom. The molecular weight excluding hydrogens is 256 g/mol. The largest absolute Gasteiger partial charge is 0.369 e. The first-order valence-electron chi connectivity index (χ1n) is 4.48. The number of nitrogens with two attached hydrogens (primary N) is 1. The van der Waals surface area contributed by atoms with Gasteiger partial charge in [-0.15, -0.1) is 12.4 Å². The molecule has 0 bridgehead atoms. The Kier molecular flexibility index (Phi) is 4.46. The summed E-state index contributed by atoms with van der Waals surface area (Å²) in [5.74, 6) is 0. The van der Waals surface area contributed by atoms with Gasteiger partial charge in [-0.3, -0.25) is 0 Å². The summed E-state index contributed by atoms with van der Waals surface area (Å²) >= 11 is 11.6. The van der Waals surface area contributed by atoms with E-state index < -0.39 is 0 Å². The van der Waals surface area contributed by atoms with E-state index in [1.165, 1.54) is 0 Å². The minimum Gasteiger partial charge on any atom is -0.369 e. The molecule has 0 spiro atoms. The van der Waals surface area contributed by atoms with Gasteiger partial charge < -0.3 is 10.6 Å². The van der Waals surface area contributed by atoms with Gasteiger partial charge in [-0.25, -0.2) is 4.98 Å². The van der Waals surface area contributed by atoms with Gasteiger partial charge >= 0.3 is 0 Å². The van der Waals surface area contributed by atoms with Crippen LogP contribution in [0.2, 0.25) is 10.2 Å². The molecule has 1 unspecified atom stereocenters. The van der Waals surface area contributed by atoms with Crippen molar-refractivity contribution in [2.45, 2.75) is 12.5 Å². The van der Waals surface area contributed by atoms with Gasteiger partial charge in [0.2, 0.25) is 0 Å². The van der Waals surface area contributed by atoms with E-state index in [-0.39, 0.29) is 18.4 Å². The maximum atomic E-state index is 5.88. The van der Waals surface area contributed by atoms with E-state index in [1.807, 2.05) is 6.07 Å². The van der Waals surface area contributed by atoms with Gasteiger partial charge in [0.15, 0.2) is 0 Å². The van der Waals surface area contributed by atoms with E-state index in [0.29, 0.717) is 10.2 Å². The van der Waals surface area contributed by atoms with Crippen molar-refractivity contribution in [3.05, 3.63) is 22.4 Å². The normalized spacial score (nSPS) is 20.2. The zero-order valence-electron chi connectivity index (χ0n) is 7.99. The minimum absolute atomic E-state index is 0. The maximum absolute atomic E-state index is 5.88. The number of hydrogen-bond donors (Lipinski definition) is 1. The van der Waals surface area contributed by atoms with Crippen molar-refractivity contribution in [1.29, 1.82) is 0 Å². The van der Waals surface area contributed by atoms with Gasteiger partial charge in [-0.2, -0.15) is 0 Å². The third-order valence-electron chi connectivity index (χ3n) is 2.37. The van der Waals surface area contributed by atoms with Crippen LogP contribution in [-0.4, -0.2) is 24.1 Å². The van der Waals surface area contributed by atoms with E-state index in [1.54, 1.807) is 6.20 Å². The Morgan fingerprint density at radius 2 is 2.20 bits per heavy atom. The summed E-state index contributed by atoms with van der Waals surface area (Å²) in [5, 5.41) is 0.837. The average Bonchev–Trinajstić information content (AvgIpc) is 2.57. The lowest BCUT2D eigenvalue weighted by molar-refractivity contribution is 0.752. The van der Waals surface area contributed by atoms with Gasteiger partial charge in [0.05, 0.1) is 16.9 Å². The maximum Gasteiger partial charge on any atom is 0.147 e. The molecule has 1 saturated heterocycles. The number of aromatic nitrogens is 1. The van der Waals surface area contributed by atoms with Crippen LogP contribution >= 0.6 is 35.6 Å². The second-order valence-electron chi connectivity index (χ2n) is 3.46. The summed E-state index contributed by atoms with van der Waals surface area (Å²) in [5.41, 5.74) is 6.80. The molecule has 3 nitrogen and oxygen atoms in total. The minimum atomic E-state index is 0.